The van der Waals surface area contributed by atoms with Crippen molar-refractivity contribution >= 4 is 11.8 Å². The van der Waals surface area contributed by atoms with Gasteiger partial charge in [-0.15, -0.1) is 0 Å². The molecule has 0 spiro atoms. The Morgan fingerprint density at radius 2 is 2.06 bits per heavy atom. The summed E-state index contributed by atoms with van der Waals surface area (Å²) in [6.45, 7) is 9.71. The molecule has 0 atom stereocenters. The molecule has 1 amide bonds. The highest BCUT2D eigenvalue weighted by molar-refractivity contribution is 5.97. The van der Waals surface area contributed by atoms with E-state index in [0.29, 0.717) is 18.7 Å². The summed E-state index contributed by atoms with van der Waals surface area (Å²) in [5.41, 5.74) is -0.470. The number of amides is 1. The minimum Gasteiger partial charge on any atom is -0.444 e. The second kappa shape index (κ2) is 3.96. The van der Waals surface area contributed by atoms with Gasteiger partial charge in [-0.05, 0) is 34.6 Å². The minimum absolute atomic E-state index is 0.365. The number of likely N-dealkylation sites (tertiary alicyclic amines) is 1. The quantitative estimate of drug-likeness (QED) is 0.511. The van der Waals surface area contributed by atoms with Crippen LogP contribution >= 0.6 is 0 Å². The molecule has 0 aromatic rings. The Hall–Kier alpha value is -1.26. The molecule has 16 heavy (non-hydrogen) atoms. The first-order chi connectivity index (χ1) is 7.18. The van der Waals surface area contributed by atoms with Crippen LogP contribution < -0.4 is 0 Å². The maximum Gasteiger partial charge on any atom is 0.411 e. The van der Waals surface area contributed by atoms with Crippen molar-refractivity contribution < 1.29 is 14.7 Å². The highest BCUT2D eigenvalue weighted by Gasteiger charge is 2.43. The topological polar surface area (TPSA) is 62.1 Å². The van der Waals surface area contributed by atoms with Crippen molar-refractivity contribution in [2.75, 3.05) is 6.54 Å². The highest BCUT2D eigenvalue weighted by atomic mass is 16.6. The first-order valence-corrected chi connectivity index (χ1v) is 5.40. The maximum absolute atomic E-state index is 11.9. The molecule has 0 aromatic heterocycles. The smallest absolute Gasteiger partial charge is 0.411 e. The van der Waals surface area contributed by atoms with Crippen LogP contribution in [-0.4, -0.2) is 39.6 Å². The third-order valence-corrected chi connectivity index (χ3v) is 2.69. The molecule has 0 unspecified atom stereocenters. The standard InChI is InChI=1S/C11H20N2O3/c1-10(2,3)16-9(14)13-7-6-8(12-15)11(13,4)5/h15H,6-7H2,1-5H3. The van der Waals surface area contributed by atoms with Crippen molar-refractivity contribution in [3.63, 3.8) is 0 Å². The van der Waals surface area contributed by atoms with E-state index in [2.05, 4.69) is 5.16 Å². The lowest BCUT2D eigenvalue weighted by Gasteiger charge is -2.33. The van der Waals surface area contributed by atoms with E-state index in [-0.39, 0.29) is 6.09 Å². The van der Waals surface area contributed by atoms with Gasteiger partial charge in [0.25, 0.3) is 0 Å². The number of oxime groups is 1. The molecule has 5 heteroatoms. The molecular weight excluding hydrogens is 208 g/mol. The van der Waals surface area contributed by atoms with E-state index in [1.165, 1.54) is 0 Å². The van der Waals surface area contributed by atoms with Gasteiger partial charge in [-0.3, -0.25) is 4.90 Å². The van der Waals surface area contributed by atoms with Gasteiger partial charge in [0.2, 0.25) is 0 Å². The van der Waals surface area contributed by atoms with Crippen LogP contribution in [0.1, 0.15) is 41.0 Å². The van der Waals surface area contributed by atoms with E-state index in [9.17, 15) is 4.79 Å². The van der Waals surface area contributed by atoms with Crippen LogP contribution in [0.2, 0.25) is 0 Å². The summed E-state index contributed by atoms with van der Waals surface area (Å²) in [6, 6.07) is 0. The molecule has 0 aliphatic carbocycles. The summed E-state index contributed by atoms with van der Waals surface area (Å²) in [6.07, 6.45) is 0.221. The number of carbonyl (C=O) groups is 1. The summed E-state index contributed by atoms with van der Waals surface area (Å²) in [4.78, 5) is 13.5. The monoisotopic (exact) mass is 228 g/mol. The van der Waals surface area contributed by atoms with Crippen LogP contribution in [0.5, 0.6) is 0 Å². The number of hydrogen-bond acceptors (Lipinski definition) is 4. The van der Waals surface area contributed by atoms with E-state index in [4.69, 9.17) is 9.94 Å². The van der Waals surface area contributed by atoms with Crippen LogP contribution in [0.25, 0.3) is 0 Å². The molecule has 1 fully saturated rings. The zero-order valence-electron chi connectivity index (χ0n) is 10.6. The minimum atomic E-state index is -0.572. The van der Waals surface area contributed by atoms with Gasteiger partial charge in [0, 0.05) is 13.0 Å². The van der Waals surface area contributed by atoms with E-state index in [0.717, 1.165) is 0 Å². The summed E-state index contributed by atoms with van der Waals surface area (Å²) in [5.74, 6) is 0. The second-order valence-corrected chi connectivity index (χ2v) is 5.49. The summed E-state index contributed by atoms with van der Waals surface area (Å²) in [5, 5.41) is 12.1. The number of nitrogens with zero attached hydrogens (tertiary/aromatic N) is 2. The first-order valence-electron chi connectivity index (χ1n) is 5.40. The average molecular weight is 228 g/mol. The molecule has 1 saturated heterocycles. The normalized spacial score (nSPS) is 22.6. The Morgan fingerprint density at radius 3 is 2.44 bits per heavy atom. The molecule has 0 bridgehead atoms. The van der Waals surface area contributed by atoms with Gasteiger partial charge < -0.3 is 9.94 Å². The number of rotatable bonds is 0. The molecule has 0 saturated carbocycles. The number of hydrogen-bond donors (Lipinski definition) is 1. The predicted molar refractivity (Wildman–Crippen MR) is 60.9 cm³/mol. The zero-order chi connectivity index (χ0) is 12.6. The summed E-state index contributed by atoms with van der Waals surface area (Å²) in [7, 11) is 0. The Balaban J connectivity index is 2.80. The van der Waals surface area contributed by atoms with Crippen molar-refractivity contribution in [3.05, 3.63) is 0 Å². The Morgan fingerprint density at radius 1 is 1.50 bits per heavy atom. The van der Waals surface area contributed by atoms with Crippen LogP contribution in [0, 0.1) is 0 Å². The molecular formula is C11H20N2O3. The van der Waals surface area contributed by atoms with Gasteiger partial charge in [-0.2, -0.15) is 0 Å². The molecule has 1 N–H and O–H groups in total. The lowest BCUT2D eigenvalue weighted by atomic mass is 10.00. The van der Waals surface area contributed by atoms with Crippen LogP contribution in [0.4, 0.5) is 4.79 Å². The van der Waals surface area contributed by atoms with Crippen molar-refractivity contribution in [1.29, 1.82) is 0 Å². The highest BCUT2D eigenvalue weighted by Crippen LogP contribution is 2.27. The molecule has 5 nitrogen and oxygen atoms in total. The fraction of sp³-hybridized carbons (Fsp3) is 0.818. The number of ether oxygens (including phenoxy) is 1. The molecule has 1 heterocycles. The van der Waals surface area contributed by atoms with Crippen molar-refractivity contribution in [3.8, 4) is 0 Å². The van der Waals surface area contributed by atoms with Gasteiger partial charge >= 0.3 is 6.09 Å². The Labute approximate surface area is 96.1 Å². The van der Waals surface area contributed by atoms with Crippen LogP contribution in [0.3, 0.4) is 0 Å². The lowest BCUT2D eigenvalue weighted by molar-refractivity contribution is 0.0176. The third kappa shape index (κ3) is 2.46. The lowest BCUT2D eigenvalue weighted by Crippen LogP contribution is -2.48. The molecule has 92 valence electrons. The third-order valence-electron chi connectivity index (χ3n) is 2.69. The molecule has 0 aromatic carbocycles. The molecule has 0 radical (unpaired) electrons. The van der Waals surface area contributed by atoms with Gasteiger partial charge in [0.1, 0.15) is 5.60 Å². The van der Waals surface area contributed by atoms with Crippen LogP contribution in [0.15, 0.2) is 5.16 Å². The van der Waals surface area contributed by atoms with E-state index >= 15 is 0 Å². The maximum atomic E-state index is 11.9. The zero-order valence-corrected chi connectivity index (χ0v) is 10.6. The van der Waals surface area contributed by atoms with E-state index < -0.39 is 11.1 Å². The predicted octanol–water partition coefficient (Wildman–Crippen LogP) is 2.24. The van der Waals surface area contributed by atoms with Gasteiger partial charge in [0.05, 0.1) is 11.3 Å². The van der Waals surface area contributed by atoms with Crippen molar-refractivity contribution in [1.82, 2.24) is 4.90 Å². The fourth-order valence-electron chi connectivity index (χ4n) is 1.77. The first kappa shape index (κ1) is 12.8. The van der Waals surface area contributed by atoms with E-state index in [1.54, 1.807) is 4.90 Å². The van der Waals surface area contributed by atoms with Gasteiger partial charge in [-0.1, -0.05) is 5.16 Å². The van der Waals surface area contributed by atoms with Crippen molar-refractivity contribution in [2.45, 2.75) is 52.2 Å². The Kier molecular flexibility index (Phi) is 3.17. The average Bonchev–Trinajstić information content (AvgIpc) is 2.36. The molecule has 1 aliphatic heterocycles. The Bertz CT molecular complexity index is 316. The fourth-order valence-corrected chi connectivity index (χ4v) is 1.77. The summed E-state index contributed by atoms with van der Waals surface area (Å²) < 4.78 is 5.30. The second-order valence-electron chi connectivity index (χ2n) is 5.49. The van der Waals surface area contributed by atoms with E-state index in [1.807, 2.05) is 34.6 Å². The van der Waals surface area contributed by atoms with Crippen LogP contribution in [-0.2, 0) is 4.74 Å². The largest absolute Gasteiger partial charge is 0.444 e. The van der Waals surface area contributed by atoms with Gasteiger partial charge in [-0.25, -0.2) is 4.79 Å². The molecule has 1 aliphatic rings. The summed E-state index contributed by atoms with van der Waals surface area (Å²) >= 11 is 0. The molecule has 1 rings (SSSR count). The van der Waals surface area contributed by atoms with Crippen molar-refractivity contribution in [2.24, 2.45) is 5.16 Å². The van der Waals surface area contributed by atoms with Gasteiger partial charge in [0.15, 0.2) is 0 Å². The number of carbonyl (C=O) groups excluding carboxylic acids is 1. The SMILES string of the molecule is CC(C)(C)OC(=O)N1CCC(=NO)C1(C)C.